The van der Waals surface area contributed by atoms with Crippen molar-refractivity contribution in [2.75, 3.05) is 51.3 Å². The number of esters is 1. The van der Waals surface area contributed by atoms with E-state index in [4.69, 9.17) is 4.74 Å². The lowest BCUT2D eigenvalue weighted by Gasteiger charge is -2.30. The van der Waals surface area contributed by atoms with E-state index in [0.717, 1.165) is 38.9 Å². The summed E-state index contributed by atoms with van der Waals surface area (Å²) in [7, 11) is 2.06. The molecular formula is C20H31N3O3. The first-order chi connectivity index (χ1) is 12.6. The van der Waals surface area contributed by atoms with Crippen LogP contribution in [0, 0.1) is 5.92 Å². The van der Waals surface area contributed by atoms with Gasteiger partial charge in [0.05, 0.1) is 19.1 Å². The number of benzene rings is 1. The first kappa shape index (κ1) is 20.2. The first-order valence-corrected chi connectivity index (χ1v) is 9.52. The summed E-state index contributed by atoms with van der Waals surface area (Å²) in [5.41, 5.74) is 1.18. The molecule has 26 heavy (non-hydrogen) atoms. The lowest BCUT2D eigenvalue weighted by molar-refractivity contribution is -0.149. The average molecular weight is 361 g/mol. The van der Waals surface area contributed by atoms with E-state index in [0.29, 0.717) is 19.7 Å². The fourth-order valence-corrected chi connectivity index (χ4v) is 3.20. The van der Waals surface area contributed by atoms with E-state index in [1.165, 1.54) is 5.69 Å². The maximum Gasteiger partial charge on any atom is 0.309 e. The highest BCUT2D eigenvalue weighted by Gasteiger charge is 2.26. The molecule has 0 bridgehead atoms. The summed E-state index contributed by atoms with van der Waals surface area (Å²) in [5, 5.41) is 2.99. The zero-order valence-corrected chi connectivity index (χ0v) is 15.9. The lowest BCUT2D eigenvalue weighted by Crippen LogP contribution is -2.43. The van der Waals surface area contributed by atoms with Crippen LogP contribution in [-0.4, -0.2) is 63.2 Å². The fourth-order valence-electron chi connectivity index (χ4n) is 3.20. The Morgan fingerprint density at radius 3 is 2.58 bits per heavy atom. The number of rotatable bonds is 9. The Labute approximate surface area is 156 Å². The Kier molecular flexibility index (Phi) is 8.41. The standard InChI is InChI=1S/C20H31N3O3/c1-3-26-20(25)17-10-14-23(15-11-17)16-19(24)21-12-7-13-22(2)18-8-5-4-6-9-18/h4-6,8-9,17H,3,7,10-16H2,1-2H3,(H,21,24). The molecule has 1 aromatic rings. The first-order valence-electron chi connectivity index (χ1n) is 9.52. The second-order valence-electron chi connectivity index (χ2n) is 6.76. The van der Waals surface area contributed by atoms with Crippen LogP contribution in [0.5, 0.6) is 0 Å². The highest BCUT2D eigenvalue weighted by atomic mass is 16.5. The fraction of sp³-hybridized carbons (Fsp3) is 0.600. The van der Waals surface area contributed by atoms with E-state index in [2.05, 4.69) is 34.3 Å². The second kappa shape index (κ2) is 10.8. The number of para-hydroxylation sites is 1. The normalized spacial score (nSPS) is 15.5. The molecule has 6 heteroatoms. The number of hydrogen-bond acceptors (Lipinski definition) is 5. The van der Waals surface area contributed by atoms with Crippen molar-refractivity contribution in [2.24, 2.45) is 5.92 Å². The molecular weight excluding hydrogens is 330 g/mol. The molecule has 1 amide bonds. The van der Waals surface area contributed by atoms with Crippen molar-refractivity contribution >= 4 is 17.6 Å². The number of carbonyl (C=O) groups excluding carboxylic acids is 2. The van der Waals surface area contributed by atoms with E-state index < -0.39 is 0 Å². The third kappa shape index (κ3) is 6.67. The Balaban J connectivity index is 1.57. The van der Waals surface area contributed by atoms with Crippen LogP contribution in [0.4, 0.5) is 5.69 Å². The molecule has 2 rings (SSSR count). The minimum absolute atomic E-state index is 0.0113. The molecule has 0 saturated carbocycles. The van der Waals surface area contributed by atoms with Crippen LogP contribution in [0.25, 0.3) is 0 Å². The van der Waals surface area contributed by atoms with Gasteiger partial charge in [-0.15, -0.1) is 0 Å². The van der Waals surface area contributed by atoms with E-state index in [9.17, 15) is 9.59 Å². The molecule has 1 aliphatic rings. The van der Waals surface area contributed by atoms with Crippen molar-refractivity contribution in [3.05, 3.63) is 30.3 Å². The molecule has 1 fully saturated rings. The molecule has 0 radical (unpaired) electrons. The van der Waals surface area contributed by atoms with Gasteiger partial charge in [0.25, 0.3) is 0 Å². The van der Waals surface area contributed by atoms with Crippen molar-refractivity contribution in [3.8, 4) is 0 Å². The maximum absolute atomic E-state index is 12.1. The van der Waals surface area contributed by atoms with Gasteiger partial charge in [0.1, 0.15) is 0 Å². The highest BCUT2D eigenvalue weighted by Crippen LogP contribution is 2.18. The average Bonchev–Trinajstić information content (AvgIpc) is 2.66. The molecule has 0 spiro atoms. The molecule has 0 unspecified atom stereocenters. The predicted molar refractivity (Wildman–Crippen MR) is 103 cm³/mol. The van der Waals surface area contributed by atoms with E-state index in [1.807, 2.05) is 25.1 Å². The van der Waals surface area contributed by atoms with Crippen LogP contribution in [0.15, 0.2) is 30.3 Å². The summed E-state index contributed by atoms with van der Waals surface area (Å²) in [6.45, 7) is 5.78. The van der Waals surface area contributed by atoms with Crippen molar-refractivity contribution in [1.29, 1.82) is 0 Å². The molecule has 1 N–H and O–H groups in total. The number of piperidine rings is 1. The predicted octanol–water partition coefficient (Wildman–Crippen LogP) is 1.90. The largest absolute Gasteiger partial charge is 0.466 e. The minimum Gasteiger partial charge on any atom is -0.466 e. The van der Waals surface area contributed by atoms with Gasteiger partial charge in [-0.3, -0.25) is 14.5 Å². The SMILES string of the molecule is CCOC(=O)C1CCN(CC(=O)NCCCN(C)c2ccccc2)CC1. The van der Waals surface area contributed by atoms with Gasteiger partial charge in [-0.1, -0.05) is 18.2 Å². The van der Waals surface area contributed by atoms with Gasteiger partial charge in [0.2, 0.25) is 5.91 Å². The quantitative estimate of drug-likeness (QED) is 0.538. The van der Waals surface area contributed by atoms with Crippen molar-refractivity contribution in [2.45, 2.75) is 26.2 Å². The van der Waals surface area contributed by atoms with Crippen LogP contribution in [0.3, 0.4) is 0 Å². The monoisotopic (exact) mass is 361 g/mol. The third-order valence-electron chi connectivity index (χ3n) is 4.76. The number of anilines is 1. The molecule has 0 atom stereocenters. The Bertz CT molecular complexity index is 557. The highest BCUT2D eigenvalue weighted by molar-refractivity contribution is 5.78. The Morgan fingerprint density at radius 1 is 1.23 bits per heavy atom. The third-order valence-corrected chi connectivity index (χ3v) is 4.76. The van der Waals surface area contributed by atoms with Gasteiger partial charge in [0.15, 0.2) is 0 Å². The van der Waals surface area contributed by atoms with Crippen LogP contribution < -0.4 is 10.2 Å². The topological polar surface area (TPSA) is 61.9 Å². The van der Waals surface area contributed by atoms with Crippen molar-refractivity contribution in [1.82, 2.24) is 10.2 Å². The molecule has 6 nitrogen and oxygen atoms in total. The maximum atomic E-state index is 12.1. The van der Waals surface area contributed by atoms with Gasteiger partial charge in [-0.25, -0.2) is 0 Å². The summed E-state index contributed by atoms with van der Waals surface area (Å²) in [4.78, 5) is 28.1. The van der Waals surface area contributed by atoms with Gasteiger partial charge < -0.3 is 15.0 Å². The number of nitrogens with zero attached hydrogens (tertiary/aromatic N) is 2. The molecule has 1 aromatic carbocycles. The number of carbonyl (C=O) groups is 2. The second-order valence-corrected chi connectivity index (χ2v) is 6.76. The van der Waals surface area contributed by atoms with Gasteiger partial charge in [-0.05, 0) is 51.4 Å². The summed E-state index contributed by atoms with van der Waals surface area (Å²) < 4.78 is 5.07. The van der Waals surface area contributed by atoms with E-state index >= 15 is 0 Å². The molecule has 0 aliphatic carbocycles. The molecule has 1 saturated heterocycles. The molecule has 144 valence electrons. The molecule has 1 aliphatic heterocycles. The number of hydrogen-bond donors (Lipinski definition) is 1. The van der Waals surface area contributed by atoms with Crippen molar-refractivity contribution in [3.63, 3.8) is 0 Å². The summed E-state index contributed by atoms with van der Waals surface area (Å²) in [6, 6.07) is 10.2. The van der Waals surface area contributed by atoms with Gasteiger partial charge >= 0.3 is 5.97 Å². The van der Waals surface area contributed by atoms with Crippen LogP contribution in [0.1, 0.15) is 26.2 Å². The van der Waals surface area contributed by atoms with Gasteiger partial charge in [-0.2, -0.15) is 0 Å². The molecule has 0 aromatic heterocycles. The Morgan fingerprint density at radius 2 is 1.92 bits per heavy atom. The van der Waals surface area contributed by atoms with Gasteiger partial charge in [0, 0.05) is 25.8 Å². The van der Waals surface area contributed by atoms with E-state index in [1.54, 1.807) is 0 Å². The van der Waals surface area contributed by atoms with Crippen molar-refractivity contribution < 1.29 is 14.3 Å². The zero-order chi connectivity index (χ0) is 18.8. The summed E-state index contributed by atoms with van der Waals surface area (Å²) >= 11 is 0. The molecule has 1 heterocycles. The lowest BCUT2D eigenvalue weighted by atomic mass is 9.97. The summed E-state index contributed by atoms with van der Waals surface area (Å²) in [5.74, 6) is -0.0520. The summed E-state index contributed by atoms with van der Waals surface area (Å²) in [6.07, 6.45) is 2.45. The number of likely N-dealkylation sites (tertiary alicyclic amines) is 1. The number of nitrogens with one attached hydrogen (secondary N) is 1. The minimum atomic E-state index is -0.0980. The van der Waals surface area contributed by atoms with Crippen LogP contribution in [-0.2, 0) is 14.3 Å². The number of amides is 1. The van der Waals surface area contributed by atoms with Crippen LogP contribution in [0.2, 0.25) is 0 Å². The zero-order valence-electron chi connectivity index (χ0n) is 15.9. The van der Waals surface area contributed by atoms with E-state index in [-0.39, 0.29) is 17.8 Å². The number of ether oxygens (including phenoxy) is 1. The smallest absolute Gasteiger partial charge is 0.309 e. The Hall–Kier alpha value is -2.08. The van der Waals surface area contributed by atoms with Crippen LogP contribution >= 0.6 is 0 Å².